The third-order valence-corrected chi connectivity index (χ3v) is 2.41. The quantitative estimate of drug-likeness (QED) is 0.496. The zero-order chi connectivity index (χ0) is 10.8. The van der Waals surface area contributed by atoms with E-state index in [1.54, 1.807) is 6.92 Å². The molecule has 0 aliphatic heterocycles. The average molecular weight is 194 g/mol. The van der Waals surface area contributed by atoms with Crippen molar-refractivity contribution in [1.82, 2.24) is 5.43 Å². The van der Waals surface area contributed by atoms with Gasteiger partial charge in [-0.1, -0.05) is 23.8 Å². The Morgan fingerprint density at radius 3 is 2.57 bits per heavy atom. The highest BCUT2D eigenvalue weighted by atomic mass is 16.3. The highest BCUT2D eigenvalue weighted by molar-refractivity contribution is 5.34. The standard InChI is InChI=1S/C11H18N2O/c1-8-4-5-10(9(2)6-8)11(3,14)7-13-12/h4-6,13-14H,7,12H2,1-3H3. The van der Waals surface area contributed by atoms with E-state index in [0.29, 0.717) is 6.54 Å². The largest absolute Gasteiger partial charge is 0.384 e. The number of aliphatic hydroxyl groups is 1. The van der Waals surface area contributed by atoms with Crippen LogP contribution in [-0.4, -0.2) is 11.7 Å². The molecule has 0 saturated heterocycles. The van der Waals surface area contributed by atoms with Crippen LogP contribution in [0.1, 0.15) is 23.6 Å². The first-order valence-electron chi connectivity index (χ1n) is 4.71. The predicted molar refractivity (Wildman–Crippen MR) is 57.7 cm³/mol. The van der Waals surface area contributed by atoms with Crippen LogP contribution in [0.2, 0.25) is 0 Å². The van der Waals surface area contributed by atoms with Crippen LogP contribution in [0, 0.1) is 13.8 Å². The molecule has 3 heteroatoms. The molecule has 0 saturated carbocycles. The highest BCUT2D eigenvalue weighted by Crippen LogP contribution is 2.23. The van der Waals surface area contributed by atoms with Gasteiger partial charge in [0.05, 0.1) is 0 Å². The number of aryl methyl sites for hydroxylation is 2. The number of hydrazine groups is 1. The fourth-order valence-electron chi connectivity index (χ4n) is 1.71. The lowest BCUT2D eigenvalue weighted by atomic mass is 9.91. The maximum absolute atomic E-state index is 10.1. The first-order chi connectivity index (χ1) is 6.47. The molecule has 0 amide bonds. The number of hydrogen-bond acceptors (Lipinski definition) is 3. The summed E-state index contributed by atoms with van der Waals surface area (Å²) in [6.45, 7) is 6.13. The molecule has 1 aromatic rings. The van der Waals surface area contributed by atoms with Gasteiger partial charge in [-0.2, -0.15) is 0 Å². The Morgan fingerprint density at radius 2 is 2.07 bits per heavy atom. The van der Waals surface area contributed by atoms with E-state index >= 15 is 0 Å². The number of hydrogen-bond donors (Lipinski definition) is 3. The Balaban J connectivity index is 3.06. The average Bonchev–Trinajstić information content (AvgIpc) is 2.02. The van der Waals surface area contributed by atoms with Gasteiger partial charge in [-0.05, 0) is 31.9 Å². The van der Waals surface area contributed by atoms with Gasteiger partial charge in [0.2, 0.25) is 0 Å². The minimum absolute atomic E-state index is 0.344. The summed E-state index contributed by atoms with van der Waals surface area (Å²) >= 11 is 0. The molecule has 0 aliphatic carbocycles. The maximum atomic E-state index is 10.1. The molecule has 0 aromatic heterocycles. The topological polar surface area (TPSA) is 58.3 Å². The molecule has 1 aromatic carbocycles. The van der Waals surface area contributed by atoms with Gasteiger partial charge in [0.25, 0.3) is 0 Å². The molecule has 3 nitrogen and oxygen atoms in total. The van der Waals surface area contributed by atoms with Crippen molar-refractivity contribution in [3.05, 3.63) is 34.9 Å². The molecule has 14 heavy (non-hydrogen) atoms. The van der Waals surface area contributed by atoms with Crippen molar-refractivity contribution >= 4 is 0 Å². The van der Waals surface area contributed by atoms with Crippen molar-refractivity contribution in [3.63, 3.8) is 0 Å². The summed E-state index contributed by atoms with van der Waals surface area (Å²) in [5.41, 5.74) is 4.79. The normalized spacial score (nSPS) is 15.2. The van der Waals surface area contributed by atoms with Crippen LogP contribution in [0.3, 0.4) is 0 Å². The molecule has 4 N–H and O–H groups in total. The predicted octanol–water partition coefficient (Wildman–Crippen LogP) is 0.974. The molecule has 1 atom stereocenters. The molecule has 78 valence electrons. The first kappa shape index (κ1) is 11.2. The maximum Gasteiger partial charge on any atom is 0.101 e. The van der Waals surface area contributed by atoms with E-state index in [2.05, 4.69) is 11.5 Å². The van der Waals surface area contributed by atoms with E-state index in [1.807, 2.05) is 26.0 Å². The van der Waals surface area contributed by atoms with Crippen LogP contribution >= 0.6 is 0 Å². The summed E-state index contributed by atoms with van der Waals surface area (Å²) in [5.74, 6) is 5.22. The summed E-state index contributed by atoms with van der Waals surface area (Å²) in [6, 6.07) is 6.00. The molecular formula is C11H18N2O. The Hall–Kier alpha value is -0.900. The second kappa shape index (κ2) is 4.09. The van der Waals surface area contributed by atoms with Crippen molar-refractivity contribution in [2.24, 2.45) is 5.84 Å². The van der Waals surface area contributed by atoms with E-state index < -0.39 is 5.60 Å². The third kappa shape index (κ3) is 2.32. The van der Waals surface area contributed by atoms with Crippen LogP contribution < -0.4 is 11.3 Å². The minimum Gasteiger partial charge on any atom is -0.384 e. The Morgan fingerprint density at radius 1 is 1.43 bits per heavy atom. The van der Waals surface area contributed by atoms with E-state index in [-0.39, 0.29) is 0 Å². The number of nitrogens with one attached hydrogen (secondary N) is 1. The summed E-state index contributed by atoms with van der Waals surface area (Å²) in [6.07, 6.45) is 0. The van der Waals surface area contributed by atoms with Gasteiger partial charge < -0.3 is 5.11 Å². The van der Waals surface area contributed by atoms with Gasteiger partial charge in [-0.15, -0.1) is 0 Å². The van der Waals surface area contributed by atoms with E-state index in [4.69, 9.17) is 5.84 Å². The van der Waals surface area contributed by atoms with Crippen molar-refractivity contribution < 1.29 is 5.11 Å². The van der Waals surface area contributed by atoms with Crippen LogP contribution in [0.4, 0.5) is 0 Å². The second-order valence-electron chi connectivity index (χ2n) is 3.97. The lowest BCUT2D eigenvalue weighted by Crippen LogP contribution is -2.39. The Labute approximate surface area is 84.9 Å². The van der Waals surface area contributed by atoms with Crippen LogP contribution in [0.5, 0.6) is 0 Å². The van der Waals surface area contributed by atoms with Crippen LogP contribution in [0.25, 0.3) is 0 Å². The monoisotopic (exact) mass is 194 g/mol. The SMILES string of the molecule is Cc1ccc(C(C)(O)CNN)c(C)c1. The fourth-order valence-corrected chi connectivity index (χ4v) is 1.71. The molecule has 0 bridgehead atoms. The van der Waals surface area contributed by atoms with Crippen molar-refractivity contribution in [1.29, 1.82) is 0 Å². The van der Waals surface area contributed by atoms with Crippen molar-refractivity contribution in [2.75, 3.05) is 6.54 Å². The molecule has 0 heterocycles. The summed E-state index contributed by atoms with van der Waals surface area (Å²) in [7, 11) is 0. The fraction of sp³-hybridized carbons (Fsp3) is 0.455. The van der Waals surface area contributed by atoms with Crippen LogP contribution in [-0.2, 0) is 5.60 Å². The summed E-state index contributed by atoms with van der Waals surface area (Å²) in [4.78, 5) is 0. The lowest BCUT2D eigenvalue weighted by Gasteiger charge is -2.25. The first-order valence-corrected chi connectivity index (χ1v) is 4.71. The number of nitrogens with two attached hydrogens (primary N) is 1. The van der Waals surface area contributed by atoms with Gasteiger partial charge in [-0.3, -0.25) is 11.3 Å². The molecular weight excluding hydrogens is 176 g/mol. The minimum atomic E-state index is -0.910. The molecule has 0 spiro atoms. The molecule has 0 fully saturated rings. The van der Waals surface area contributed by atoms with E-state index in [1.165, 1.54) is 5.56 Å². The van der Waals surface area contributed by atoms with Crippen molar-refractivity contribution in [3.8, 4) is 0 Å². The zero-order valence-electron chi connectivity index (χ0n) is 8.96. The van der Waals surface area contributed by atoms with Gasteiger partial charge in [0.1, 0.15) is 5.60 Å². The smallest absolute Gasteiger partial charge is 0.101 e. The molecule has 1 unspecified atom stereocenters. The summed E-state index contributed by atoms with van der Waals surface area (Å²) in [5, 5.41) is 10.1. The van der Waals surface area contributed by atoms with Crippen molar-refractivity contribution in [2.45, 2.75) is 26.4 Å². The highest BCUT2D eigenvalue weighted by Gasteiger charge is 2.23. The van der Waals surface area contributed by atoms with Gasteiger partial charge in [-0.25, -0.2) is 0 Å². The van der Waals surface area contributed by atoms with E-state index in [9.17, 15) is 5.11 Å². The summed E-state index contributed by atoms with van der Waals surface area (Å²) < 4.78 is 0. The molecule has 1 rings (SSSR count). The zero-order valence-corrected chi connectivity index (χ0v) is 8.96. The third-order valence-electron chi connectivity index (χ3n) is 2.41. The van der Waals surface area contributed by atoms with Gasteiger partial charge >= 0.3 is 0 Å². The number of benzene rings is 1. The Bertz CT molecular complexity index is 321. The van der Waals surface area contributed by atoms with Gasteiger partial charge in [0.15, 0.2) is 0 Å². The second-order valence-corrected chi connectivity index (χ2v) is 3.97. The van der Waals surface area contributed by atoms with E-state index in [0.717, 1.165) is 11.1 Å². The van der Waals surface area contributed by atoms with Crippen LogP contribution in [0.15, 0.2) is 18.2 Å². The molecule has 0 aliphatic rings. The van der Waals surface area contributed by atoms with Gasteiger partial charge in [0, 0.05) is 6.54 Å². The lowest BCUT2D eigenvalue weighted by molar-refractivity contribution is 0.0566. The number of rotatable bonds is 3. The molecule has 0 radical (unpaired) electrons. The Kier molecular flexibility index (Phi) is 3.26.